The smallest absolute Gasteiger partial charge is 0.224 e. The molecule has 3 aromatic rings. The van der Waals surface area contributed by atoms with Gasteiger partial charge in [-0.15, -0.1) is 10.2 Å². The quantitative estimate of drug-likeness (QED) is 0.421. The van der Waals surface area contributed by atoms with Gasteiger partial charge in [-0.1, -0.05) is 49.0 Å². The molecule has 0 bridgehead atoms. The molecule has 0 radical (unpaired) electrons. The number of Topliss-reactive ketones (excluding diaryl/α,β-unsaturated/α-hetero) is 1. The van der Waals surface area contributed by atoms with Gasteiger partial charge in [-0.05, 0) is 43.2 Å². The zero-order valence-corrected chi connectivity index (χ0v) is 17.4. The molecule has 1 amide bonds. The van der Waals surface area contributed by atoms with Crippen LogP contribution in [0.4, 0.5) is 5.69 Å². The summed E-state index contributed by atoms with van der Waals surface area (Å²) in [5, 5.41) is 11.9. The van der Waals surface area contributed by atoms with Crippen molar-refractivity contribution in [1.29, 1.82) is 0 Å². The van der Waals surface area contributed by atoms with Crippen molar-refractivity contribution in [3.63, 3.8) is 0 Å². The number of hydrogen-bond donors (Lipinski definition) is 1. The number of ketones is 1. The molecule has 1 aromatic heterocycles. The minimum Gasteiger partial charge on any atom is -0.326 e. The van der Waals surface area contributed by atoms with E-state index in [2.05, 4.69) is 27.6 Å². The number of carbonyl (C=O) groups excluding carboxylic acids is 2. The normalized spacial score (nSPS) is 10.7. The van der Waals surface area contributed by atoms with Crippen LogP contribution < -0.4 is 5.32 Å². The molecule has 0 aliphatic heterocycles. The first-order valence-corrected chi connectivity index (χ1v) is 10.5. The number of aryl methyl sites for hydroxylation is 1. The number of carbonyl (C=O) groups is 2. The van der Waals surface area contributed by atoms with E-state index >= 15 is 0 Å². The summed E-state index contributed by atoms with van der Waals surface area (Å²) in [5.74, 6) is 1.08. The first kappa shape index (κ1) is 20.8. The van der Waals surface area contributed by atoms with Gasteiger partial charge in [-0.2, -0.15) is 0 Å². The maximum atomic E-state index is 12.6. The zero-order chi connectivity index (χ0) is 20.6. The molecule has 0 aliphatic carbocycles. The minimum absolute atomic E-state index is 0.00773. The van der Waals surface area contributed by atoms with Crippen LogP contribution in [0.25, 0.3) is 0 Å². The predicted octanol–water partition coefficient (Wildman–Crippen LogP) is 4.35. The zero-order valence-electron chi connectivity index (χ0n) is 16.6. The van der Waals surface area contributed by atoms with Crippen LogP contribution >= 0.6 is 11.8 Å². The van der Waals surface area contributed by atoms with Crippen molar-refractivity contribution in [2.75, 3.05) is 11.1 Å². The molecule has 29 heavy (non-hydrogen) atoms. The van der Waals surface area contributed by atoms with Crippen molar-refractivity contribution in [3.05, 3.63) is 71.5 Å². The van der Waals surface area contributed by atoms with Crippen LogP contribution in [0.15, 0.2) is 59.8 Å². The van der Waals surface area contributed by atoms with Crippen LogP contribution in [0.5, 0.6) is 0 Å². The van der Waals surface area contributed by atoms with Crippen molar-refractivity contribution < 1.29 is 9.59 Å². The van der Waals surface area contributed by atoms with E-state index in [1.165, 1.54) is 11.8 Å². The monoisotopic (exact) mass is 408 g/mol. The van der Waals surface area contributed by atoms with Gasteiger partial charge in [-0.25, -0.2) is 0 Å². The lowest BCUT2D eigenvalue weighted by molar-refractivity contribution is -0.116. The van der Waals surface area contributed by atoms with Gasteiger partial charge in [0.25, 0.3) is 0 Å². The Morgan fingerprint density at radius 3 is 2.45 bits per heavy atom. The van der Waals surface area contributed by atoms with Gasteiger partial charge in [0.2, 0.25) is 5.91 Å². The van der Waals surface area contributed by atoms with E-state index in [0.717, 1.165) is 23.0 Å². The number of nitrogens with one attached hydrogen (secondary N) is 1. The molecule has 7 heteroatoms. The number of hydrogen-bond acceptors (Lipinski definition) is 5. The molecule has 0 saturated carbocycles. The predicted molar refractivity (Wildman–Crippen MR) is 115 cm³/mol. The van der Waals surface area contributed by atoms with E-state index in [9.17, 15) is 9.59 Å². The third kappa shape index (κ3) is 5.77. The van der Waals surface area contributed by atoms with Crippen LogP contribution in [0, 0.1) is 6.92 Å². The van der Waals surface area contributed by atoms with Gasteiger partial charge >= 0.3 is 0 Å². The lowest BCUT2D eigenvalue weighted by atomic mass is 10.1. The maximum Gasteiger partial charge on any atom is 0.224 e. The second kappa shape index (κ2) is 10.0. The SMILES string of the molecule is CCCC(=O)Nc1ccc(C(=O)CSc2nnc(C)n2Cc2ccccc2)cc1. The first-order valence-electron chi connectivity index (χ1n) is 9.56. The topological polar surface area (TPSA) is 76.9 Å². The lowest BCUT2D eigenvalue weighted by Crippen LogP contribution is -2.11. The summed E-state index contributed by atoms with van der Waals surface area (Å²) in [5.41, 5.74) is 2.46. The Kier molecular flexibility index (Phi) is 7.19. The number of benzene rings is 2. The summed E-state index contributed by atoms with van der Waals surface area (Å²) in [6.45, 7) is 4.54. The Morgan fingerprint density at radius 2 is 1.76 bits per heavy atom. The van der Waals surface area contributed by atoms with Gasteiger partial charge in [0, 0.05) is 17.7 Å². The highest BCUT2D eigenvalue weighted by atomic mass is 32.2. The first-order chi connectivity index (χ1) is 14.1. The number of aromatic nitrogens is 3. The fourth-order valence-corrected chi connectivity index (χ4v) is 3.70. The Labute approximate surface area is 174 Å². The standard InChI is InChI=1S/C22H24N4O2S/c1-3-7-21(28)23-19-12-10-18(11-13-19)20(27)15-29-22-25-24-16(2)26(22)14-17-8-5-4-6-9-17/h4-6,8-13H,3,7,14-15H2,1-2H3,(H,23,28). The average Bonchev–Trinajstić information content (AvgIpc) is 3.07. The summed E-state index contributed by atoms with van der Waals surface area (Å²) in [4.78, 5) is 24.2. The lowest BCUT2D eigenvalue weighted by Gasteiger charge is -2.08. The van der Waals surface area contributed by atoms with Crippen LogP contribution in [0.1, 0.15) is 41.5 Å². The molecule has 6 nitrogen and oxygen atoms in total. The third-order valence-corrected chi connectivity index (χ3v) is 5.35. The largest absolute Gasteiger partial charge is 0.326 e. The van der Waals surface area contributed by atoms with E-state index in [1.807, 2.05) is 36.6 Å². The fourth-order valence-electron chi connectivity index (χ4n) is 2.82. The van der Waals surface area contributed by atoms with Crippen molar-refractivity contribution >= 4 is 29.1 Å². The van der Waals surface area contributed by atoms with E-state index in [0.29, 0.717) is 24.2 Å². The molecule has 0 saturated heterocycles. The van der Waals surface area contributed by atoms with Crippen LogP contribution in [0.2, 0.25) is 0 Å². The van der Waals surface area contributed by atoms with E-state index in [-0.39, 0.29) is 17.4 Å². The molecule has 0 spiro atoms. The summed E-state index contributed by atoms with van der Waals surface area (Å²) >= 11 is 1.38. The molecule has 0 atom stereocenters. The van der Waals surface area contributed by atoms with E-state index < -0.39 is 0 Å². The Balaban J connectivity index is 1.60. The number of nitrogens with zero attached hydrogens (tertiary/aromatic N) is 3. The van der Waals surface area contributed by atoms with Crippen LogP contribution in [-0.2, 0) is 11.3 Å². The number of anilines is 1. The van der Waals surface area contributed by atoms with Crippen molar-refractivity contribution in [2.45, 2.75) is 38.4 Å². The molecule has 1 heterocycles. The van der Waals surface area contributed by atoms with Crippen molar-refractivity contribution in [1.82, 2.24) is 14.8 Å². The van der Waals surface area contributed by atoms with Gasteiger partial charge in [-0.3, -0.25) is 9.59 Å². The van der Waals surface area contributed by atoms with Gasteiger partial charge in [0.05, 0.1) is 12.3 Å². The van der Waals surface area contributed by atoms with Gasteiger partial charge < -0.3 is 9.88 Å². The van der Waals surface area contributed by atoms with Gasteiger partial charge in [0.15, 0.2) is 10.9 Å². The highest BCUT2D eigenvalue weighted by Gasteiger charge is 2.13. The molecule has 2 aromatic carbocycles. The summed E-state index contributed by atoms with van der Waals surface area (Å²) in [6.07, 6.45) is 1.29. The summed E-state index contributed by atoms with van der Waals surface area (Å²) < 4.78 is 2.01. The van der Waals surface area contributed by atoms with Gasteiger partial charge in [0.1, 0.15) is 5.82 Å². The Bertz CT molecular complexity index is 968. The minimum atomic E-state index is -0.0183. The van der Waals surface area contributed by atoms with E-state index in [4.69, 9.17) is 0 Å². The number of thioether (sulfide) groups is 1. The maximum absolute atomic E-state index is 12.6. The van der Waals surface area contributed by atoms with Crippen molar-refractivity contribution in [3.8, 4) is 0 Å². The second-order valence-corrected chi connectivity index (χ2v) is 7.63. The van der Waals surface area contributed by atoms with Crippen LogP contribution in [-0.4, -0.2) is 32.2 Å². The second-order valence-electron chi connectivity index (χ2n) is 6.69. The summed E-state index contributed by atoms with van der Waals surface area (Å²) in [7, 11) is 0. The molecule has 1 N–H and O–H groups in total. The van der Waals surface area contributed by atoms with Crippen molar-refractivity contribution in [2.24, 2.45) is 0 Å². The molecule has 0 unspecified atom stereocenters. The highest BCUT2D eigenvalue weighted by molar-refractivity contribution is 7.99. The number of amides is 1. The molecule has 3 rings (SSSR count). The highest BCUT2D eigenvalue weighted by Crippen LogP contribution is 2.20. The Hall–Kier alpha value is -2.93. The molecule has 150 valence electrons. The van der Waals surface area contributed by atoms with E-state index in [1.54, 1.807) is 24.3 Å². The van der Waals surface area contributed by atoms with Crippen LogP contribution in [0.3, 0.4) is 0 Å². The molecular formula is C22H24N4O2S. The summed E-state index contributed by atoms with van der Waals surface area (Å²) in [6, 6.07) is 17.1. The fraction of sp³-hybridized carbons (Fsp3) is 0.273. The third-order valence-electron chi connectivity index (χ3n) is 4.39. The molecular weight excluding hydrogens is 384 g/mol. The molecule has 0 fully saturated rings. The average molecular weight is 409 g/mol. The Morgan fingerprint density at radius 1 is 1.03 bits per heavy atom. The molecule has 0 aliphatic rings. The number of rotatable bonds is 9.